The molecule has 0 fully saturated rings. The van der Waals surface area contributed by atoms with E-state index >= 15 is 0 Å². The number of hydrogen-bond acceptors (Lipinski definition) is 5. The van der Waals surface area contributed by atoms with E-state index in [1.54, 1.807) is 34.9 Å². The van der Waals surface area contributed by atoms with E-state index in [1.807, 2.05) is 20.9 Å². The Morgan fingerprint density at radius 2 is 1.87 bits per heavy atom. The van der Waals surface area contributed by atoms with Crippen LogP contribution in [0.3, 0.4) is 0 Å². The van der Waals surface area contributed by atoms with Gasteiger partial charge in [0.15, 0.2) is 11.0 Å². The van der Waals surface area contributed by atoms with E-state index in [1.165, 1.54) is 28.2 Å². The molecule has 160 valence electrons. The Kier molecular flexibility index (Phi) is 7.18. The third-order valence-corrected chi connectivity index (χ3v) is 8.11. The Morgan fingerprint density at radius 3 is 2.53 bits per heavy atom. The SMILES string of the molecule is CCN(CC)S(=O)(=O)c1cccc(-c2nnc(SCc3ccc(F)cc3Cl)n2C)c1. The summed E-state index contributed by atoms with van der Waals surface area (Å²) < 4.78 is 42.1. The average Bonchev–Trinajstić information content (AvgIpc) is 3.08. The van der Waals surface area contributed by atoms with Crippen LogP contribution in [0.4, 0.5) is 4.39 Å². The smallest absolute Gasteiger partial charge is 0.243 e. The van der Waals surface area contributed by atoms with Crippen LogP contribution < -0.4 is 0 Å². The van der Waals surface area contributed by atoms with Gasteiger partial charge in [-0.05, 0) is 29.8 Å². The predicted octanol–water partition coefficient (Wildman–Crippen LogP) is 4.60. The monoisotopic (exact) mass is 468 g/mol. The van der Waals surface area contributed by atoms with Gasteiger partial charge >= 0.3 is 0 Å². The number of halogens is 2. The molecule has 0 bridgehead atoms. The molecule has 0 aliphatic rings. The van der Waals surface area contributed by atoms with Gasteiger partial charge in [0.1, 0.15) is 5.82 Å². The first-order valence-electron chi connectivity index (χ1n) is 9.34. The van der Waals surface area contributed by atoms with Gasteiger partial charge in [-0.2, -0.15) is 4.31 Å². The van der Waals surface area contributed by atoms with Gasteiger partial charge < -0.3 is 4.57 Å². The summed E-state index contributed by atoms with van der Waals surface area (Å²) in [6.45, 7) is 4.43. The quantitative estimate of drug-likeness (QED) is 0.452. The second-order valence-electron chi connectivity index (χ2n) is 6.51. The van der Waals surface area contributed by atoms with Gasteiger partial charge in [-0.15, -0.1) is 10.2 Å². The molecule has 0 N–H and O–H groups in total. The average molecular weight is 469 g/mol. The minimum absolute atomic E-state index is 0.221. The zero-order valence-electron chi connectivity index (χ0n) is 16.8. The molecule has 0 unspecified atom stereocenters. The summed E-state index contributed by atoms with van der Waals surface area (Å²) in [5.41, 5.74) is 1.45. The van der Waals surface area contributed by atoms with Gasteiger partial charge in [0.25, 0.3) is 0 Å². The Balaban J connectivity index is 1.85. The van der Waals surface area contributed by atoms with E-state index in [4.69, 9.17) is 11.6 Å². The molecule has 6 nitrogen and oxygen atoms in total. The van der Waals surface area contributed by atoms with Crippen molar-refractivity contribution in [3.05, 3.63) is 58.9 Å². The maximum absolute atomic E-state index is 13.2. The molecule has 0 saturated heterocycles. The minimum Gasteiger partial charge on any atom is -0.305 e. The zero-order chi connectivity index (χ0) is 21.9. The Bertz CT molecular complexity index is 1150. The van der Waals surface area contributed by atoms with Crippen molar-refractivity contribution < 1.29 is 12.8 Å². The van der Waals surface area contributed by atoms with Crippen LogP contribution in [0.25, 0.3) is 11.4 Å². The molecule has 0 atom stereocenters. The van der Waals surface area contributed by atoms with Crippen molar-refractivity contribution in [1.82, 2.24) is 19.1 Å². The lowest BCUT2D eigenvalue weighted by Crippen LogP contribution is -2.30. The van der Waals surface area contributed by atoms with Crippen LogP contribution in [0.1, 0.15) is 19.4 Å². The van der Waals surface area contributed by atoms with Crippen molar-refractivity contribution in [2.45, 2.75) is 29.7 Å². The number of thioether (sulfide) groups is 1. The summed E-state index contributed by atoms with van der Waals surface area (Å²) in [5, 5.41) is 9.45. The summed E-state index contributed by atoms with van der Waals surface area (Å²) in [5.74, 6) is 0.676. The third kappa shape index (κ3) is 4.69. The summed E-state index contributed by atoms with van der Waals surface area (Å²) in [6.07, 6.45) is 0. The molecule has 3 aromatic rings. The van der Waals surface area contributed by atoms with Crippen molar-refractivity contribution in [2.75, 3.05) is 13.1 Å². The highest BCUT2D eigenvalue weighted by Crippen LogP contribution is 2.29. The Morgan fingerprint density at radius 1 is 1.13 bits per heavy atom. The molecular weight excluding hydrogens is 447 g/mol. The van der Waals surface area contributed by atoms with E-state index in [0.717, 1.165) is 5.56 Å². The molecule has 30 heavy (non-hydrogen) atoms. The number of rotatable bonds is 8. The van der Waals surface area contributed by atoms with Gasteiger partial charge in [0.2, 0.25) is 10.0 Å². The highest BCUT2D eigenvalue weighted by atomic mass is 35.5. The molecule has 0 radical (unpaired) electrons. The molecule has 1 heterocycles. The topological polar surface area (TPSA) is 68.1 Å². The highest BCUT2D eigenvalue weighted by molar-refractivity contribution is 7.98. The molecule has 0 aliphatic heterocycles. The maximum atomic E-state index is 13.2. The summed E-state index contributed by atoms with van der Waals surface area (Å²) in [6, 6.07) is 11.0. The normalized spacial score (nSPS) is 11.9. The largest absolute Gasteiger partial charge is 0.305 e. The lowest BCUT2D eigenvalue weighted by Gasteiger charge is -2.18. The molecule has 0 aliphatic carbocycles. The van der Waals surface area contributed by atoms with E-state index in [9.17, 15) is 12.8 Å². The third-order valence-electron chi connectivity index (χ3n) is 4.64. The van der Waals surface area contributed by atoms with Gasteiger partial charge in [-0.3, -0.25) is 0 Å². The van der Waals surface area contributed by atoms with Crippen LogP contribution in [0.2, 0.25) is 5.02 Å². The van der Waals surface area contributed by atoms with Crippen LogP contribution in [0.15, 0.2) is 52.5 Å². The number of sulfonamides is 1. The van der Waals surface area contributed by atoms with Gasteiger partial charge in [0, 0.05) is 36.5 Å². The number of hydrogen-bond donors (Lipinski definition) is 0. The van der Waals surface area contributed by atoms with Crippen LogP contribution in [-0.2, 0) is 22.8 Å². The molecular formula is C20H22ClFN4O2S2. The van der Waals surface area contributed by atoms with Gasteiger partial charge in [-0.1, -0.05) is 55.4 Å². The second kappa shape index (κ2) is 9.47. The fraction of sp³-hybridized carbons (Fsp3) is 0.300. The molecule has 1 aromatic heterocycles. The first-order chi connectivity index (χ1) is 14.3. The number of nitrogens with zero attached hydrogens (tertiary/aromatic N) is 4. The van der Waals surface area contributed by atoms with Gasteiger partial charge in [-0.25, -0.2) is 12.8 Å². The Hall–Kier alpha value is -1.94. The molecule has 0 amide bonds. The van der Waals surface area contributed by atoms with Crippen molar-refractivity contribution in [2.24, 2.45) is 7.05 Å². The summed E-state index contributed by atoms with van der Waals surface area (Å²) in [7, 11) is -1.75. The standard InChI is InChI=1S/C20H22ClFN4O2S2/c1-4-26(5-2)30(27,28)17-8-6-7-14(11-17)19-23-24-20(25(19)3)29-13-15-9-10-16(22)12-18(15)21/h6-12H,4-5,13H2,1-3H3. The van der Waals surface area contributed by atoms with Crippen LogP contribution in [0.5, 0.6) is 0 Å². The minimum atomic E-state index is -3.57. The second-order valence-corrected chi connectivity index (χ2v) is 9.79. The summed E-state index contributed by atoms with van der Waals surface area (Å²) >= 11 is 7.50. The first-order valence-corrected chi connectivity index (χ1v) is 12.1. The van der Waals surface area contributed by atoms with E-state index in [0.29, 0.717) is 40.4 Å². The van der Waals surface area contributed by atoms with Crippen LogP contribution >= 0.6 is 23.4 Å². The molecule has 10 heteroatoms. The fourth-order valence-corrected chi connectivity index (χ4v) is 5.71. The van der Waals surface area contributed by atoms with Crippen molar-refractivity contribution in [1.29, 1.82) is 0 Å². The lowest BCUT2D eigenvalue weighted by atomic mass is 10.2. The van der Waals surface area contributed by atoms with Gasteiger partial charge in [0.05, 0.1) is 4.90 Å². The molecule has 3 rings (SSSR count). The fourth-order valence-electron chi connectivity index (χ4n) is 2.98. The maximum Gasteiger partial charge on any atom is 0.243 e. The number of benzene rings is 2. The van der Waals surface area contributed by atoms with Crippen LogP contribution in [-0.4, -0.2) is 40.6 Å². The van der Waals surface area contributed by atoms with E-state index < -0.39 is 10.0 Å². The highest BCUT2D eigenvalue weighted by Gasteiger charge is 2.22. The lowest BCUT2D eigenvalue weighted by molar-refractivity contribution is 0.445. The van der Waals surface area contributed by atoms with Crippen molar-refractivity contribution >= 4 is 33.4 Å². The predicted molar refractivity (Wildman–Crippen MR) is 118 cm³/mol. The van der Waals surface area contributed by atoms with E-state index in [-0.39, 0.29) is 10.7 Å². The molecule has 2 aromatic carbocycles. The van der Waals surface area contributed by atoms with Crippen molar-refractivity contribution in [3.8, 4) is 11.4 Å². The Labute approximate surface area is 185 Å². The summed E-state index contributed by atoms with van der Waals surface area (Å²) in [4.78, 5) is 0.221. The first kappa shape index (κ1) is 22.7. The van der Waals surface area contributed by atoms with Crippen molar-refractivity contribution in [3.63, 3.8) is 0 Å². The molecule has 0 saturated carbocycles. The zero-order valence-corrected chi connectivity index (χ0v) is 19.2. The van der Waals surface area contributed by atoms with Crippen LogP contribution in [0, 0.1) is 5.82 Å². The molecule has 0 spiro atoms. The number of aromatic nitrogens is 3. The van der Waals surface area contributed by atoms with E-state index in [2.05, 4.69) is 10.2 Å².